The Labute approximate surface area is 304 Å². The zero-order chi connectivity index (χ0) is 37.8. The van der Waals surface area contributed by atoms with Crippen LogP contribution in [0.5, 0.6) is 40.2 Å². The first-order chi connectivity index (χ1) is 25.0. The molecule has 1 unspecified atom stereocenters. The third kappa shape index (κ3) is 9.68. The predicted octanol–water partition coefficient (Wildman–Crippen LogP) is 6.50. The van der Waals surface area contributed by atoms with Crippen molar-refractivity contribution in [1.82, 2.24) is 5.32 Å². The minimum absolute atomic E-state index is 0.0484. The van der Waals surface area contributed by atoms with Gasteiger partial charge in [-0.3, -0.25) is 9.59 Å². The van der Waals surface area contributed by atoms with Gasteiger partial charge in [0.15, 0.2) is 23.0 Å². The molecule has 3 N–H and O–H groups in total. The number of amides is 1. The lowest BCUT2D eigenvalue weighted by Crippen LogP contribution is -2.27. The Balaban J connectivity index is 1.77. The summed E-state index contributed by atoms with van der Waals surface area (Å²) in [5.41, 5.74) is 1.40. The molecule has 0 saturated heterocycles. The van der Waals surface area contributed by atoms with Gasteiger partial charge in [0.2, 0.25) is 11.7 Å². The lowest BCUT2D eigenvalue weighted by molar-refractivity contribution is -0.121. The van der Waals surface area contributed by atoms with Crippen molar-refractivity contribution in [2.45, 2.75) is 70.3 Å². The molecule has 0 radical (unpaired) electrons. The maximum absolute atomic E-state index is 13.7. The number of Topliss-reactive ketones (excluding diaryl/α,β-unsaturated/α-hetero) is 1. The van der Waals surface area contributed by atoms with E-state index in [0.717, 1.165) is 5.56 Å². The number of hydrogen-bond donors (Lipinski definition) is 3. The van der Waals surface area contributed by atoms with Crippen LogP contribution in [0.2, 0.25) is 0 Å². The molecule has 1 amide bonds. The van der Waals surface area contributed by atoms with Gasteiger partial charge in [-0.15, -0.1) is 0 Å². The summed E-state index contributed by atoms with van der Waals surface area (Å²) in [6.07, 6.45) is 6.17. The number of rotatable bonds is 12. The minimum atomic E-state index is -0.992. The Morgan fingerprint density at radius 1 is 0.885 bits per heavy atom. The molecule has 0 spiro atoms. The molecule has 0 aromatic heterocycles. The van der Waals surface area contributed by atoms with E-state index in [1.165, 1.54) is 27.4 Å². The highest BCUT2D eigenvalue weighted by Gasteiger charge is 2.32. The zero-order valence-electron chi connectivity index (χ0n) is 30.7. The Kier molecular flexibility index (Phi) is 14.2. The number of cyclic esters (lactones) is 1. The monoisotopic (exact) mass is 719 g/mol. The third-order valence-electron chi connectivity index (χ3n) is 9.06. The molecule has 4 rings (SSSR count). The van der Waals surface area contributed by atoms with Gasteiger partial charge in [-0.25, -0.2) is 4.79 Å². The van der Waals surface area contributed by atoms with Crippen LogP contribution in [-0.2, 0) is 20.7 Å². The Morgan fingerprint density at radius 2 is 1.56 bits per heavy atom. The maximum Gasteiger partial charge on any atom is 0.342 e. The van der Waals surface area contributed by atoms with Crippen molar-refractivity contribution in [2.24, 2.45) is 0 Å². The highest BCUT2D eigenvalue weighted by atomic mass is 16.5. The number of phenols is 2. The molecule has 0 aliphatic carbocycles. The number of benzene rings is 3. The fourth-order valence-electron chi connectivity index (χ4n) is 6.35. The summed E-state index contributed by atoms with van der Waals surface area (Å²) in [5, 5.41) is 26.5. The Bertz CT molecular complexity index is 1740. The third-order valence-corrected chi connectivity index (χ3v) is 9.06. The molecule has 0 bridgehead atoms. The summed E-state index contributed by atoms with van der Waals surface area (Å²) in [7, 11) is 7.48. The van der Waals surface area contributed by atoms with Crippen LogP contribution < -0.4 is 29.0 Å². The van der Waals surface area contributed by atoms with E-state index in [2.05, 4.69) is 5.32 Å². The van der Waals surface area contributed by atoms with Crippen LogP contribution in [0.1, 0.15) is 90.4 Å². The lowest BCUT2D eigenvalue weighted by atomic mass is 9.84. The molecule has 52 heavy (non-hydrogen) atoms. The number of phenolic OH excluding ortho intramolecular Hbond substituents is 2. The summed E-state index contributed by atoms with van der Waals surface area (Å²) in [6, 6.07) is 10.2. The molecule has 0 saturated carbocycles. The fraction of sp³-hybridized carbons (Fsp3) is 0.425. The number of allylic oxidation sites excluding steroid dienone is 1. The van der Waals surface area contributed by atoms with Crippen LogP contribution in [0.25, 0.3) is 6.08 Å². The molecule has 1 aliphatic heterocycles. The van der Waals surface area contributed by atoms with Crippen molar-refractivity contribution in [1.29, 1.82) is 0 Å². The molecule has 1 aliphatic rings. The first-order valence-corrected chi connectivity index (χ1v) is 17.3. The Hall–Kier alpha value is -5.39. The van der Waals surface area contributed by atoms with E-state index >= 15 is 0 Å². The molecule has 12 heteroatoms. The lowest BCUT2D eigenvalue weighted by Gasteiger charge is -2.24. The second kappa shape index (κ2) is 18.7. The van der Waals surface area contributed by atoms with Crippen LogP contribution >= 0.6 is 0 Å². The highest BCUT2D eigenvalue weighted by Crippen LogP contribution is 2.47. The van der Waals surface area contributed by atoms with E-state index < -0.39 is 23.7 Å². The number of methoxy groups -OCH3 is 5. The predicted molar refractivity (Wildman–Crippen MR) is 195 cm³/mol. The number of ketones is 1. The number of fused-ring (bicyclic) bond motifs is 1. The number of hydrogen-bond acceptors (Lipinski definition) is 11. The summed E-state index contributed by atoms with van der Waals surface area (Å²) in [4.78, 5) is 39.6. The molecular formula is C40H49NO11. The van der Waals surface area contributed by atoms with E-state index in [9.17, 15) is 24.6 Å². The minimum Gasteiger partial charge on any atom is -0.507 e. The second-order valence-corrected chi connectivity index (χ2v) is 12.6. The quantitative estimate of drug-likeness (QED) is 0.175. The summed E-state index contributed by atoms with van der Waals surface area (Å²) < 4.78 is 33.2. The first-order valence-electron chi connectivity index (χ1n) is 17.3. The van der Waals surface area contributed by atoms with Crippen LogP contribution in [-0.4, -0.2) is 76.1 Å². The first kappa shape index (κ1) is 39.4. The van der Waals surface area contributed by atoms with Gasteiger partial charge in [-0.05, 0) is 86.1 Å². The van der Waals surface area contributed by atoms with Crippen molar-refractivity contribution in [3.05, 3.63) is 70.3 Å². The average molecular weight is 720 g/mol. The van der Waals surface area contributed by atoms with E-state index in [-0.39, 0.29) is 47.1 Å². The van der Waals surface area contributed by atoms with E-state index in [4.69, 9.17) is 28.4 Å². The molecule has 3 aromatic rings. The van der Waals surface area contributed by atoms with Gasteiger partial charge in [0.05, 0.1) is 41.7 Å². The molecule has 1 heterocycles. The number of ether oxygens (including phenoxy) is 6. The van der Waals surface area contributed by atoms with Gasteiger partial charge in [-0.1, -0.05) is 18.2 Å². The van der Waals surface area contributed by atoms with E-state index in [0.29, 0.717) is 79.3 Å². The van der Waals surface area contributed by atoms with Crippen LogP contribution in [0.3, 0.4) is 0 Å². The van der Waals surface area contributed by atoms with E-state index in [1.807, 2.05) is 12.1 Å². The van der Waals surface area contributed by atoms with Gasteiger partial charge in [-0.2, -0.15) is 0 Å². The van der Waals surface area contributed by atoms with Crippen LogP contribution in [0, 0.1) is 0 Å². The standard InChI is InChI=1S/C40H49NO11/c1-24-11-10-14-28(42)13-9-7-8-12-26-20-30(43)37(38(45)36(26)40(46)52-24)29(27-21-33(49-4)39(51-6)34(22-27)50-5)23-35(44)41-18-17-25-15-16-31(47-2)32(19-25)48-3/h8,12,15-16,19-22,24,29,43,45H,7,9-11,13-14,17-18,23H2,1-6H3,(H,41,44)/b12-8+/t24-,29?/m0/s1. The second-order valence-electron chi connectivity index (χ2n) is 12.6. The topological polar surface area (TPSA) is 159 Å². The fourth-order valence-corrected chi connectivity index (χ4v) is 6.35. The summed E-state index contributed by atoms with van der Waals surface area (Å²) in [5.74, 6) is -0.806. The van der Waals surface area contributed by atoms with Crippen molar-refractivity contribution in [3.8, 4) is 40.2 Å². The highest BCUT2D eigenvalue weighted by molar-refractivity contribution is 5.98. The normalized spacial score (nSPS) is 16.4. The van der Waals surface area contributed by atoms with Crippen LogP contribution in [0.15, 0.2) is 42.5 Å². The molecule has 12 nitrogen and oxygen atoms in total. The average Bonchev–Trinajstić information content (AvgIpc) is 3.12. The molecule has 280 valence electrons. The number of carbonyl (C=O) groups is 3. The molecule has 0 fully saturated rings. The Morgan fingerprint density at radius 3 is 2.21 bits per heavy atom. The largest absolute Gasteiger partial charge is 0.507 e. The van der Waals surface area contributed by atoms with E-state index in [1.54, 1.807) is 51.5 Å². The number of carbonyl (C=O) groups excluding carboxylic acids is 3. The van der Waals surface area contributed by atoms with Gasteiger partial charge >= 0.3 is 5.97 Å². The molecule has 2 atom stereocenters. The summed E-state index contributed by atoms with van der Waals surface area (Å²) in [6.45, 7) is 2.01. The van der Waals surface area contributed by atoms with Crippen molar-refractivity contribution in [2.75, 3.05) is 42.1 Å². The van der Waals surface area contributed by atoms with Crippen molar-refractivity contribution >= 4 is 23.7 Å². The van der Waals surface area contributed by atoms with Crippen molar-refractivity contribution in [3.63, 3.8) is 0 Å². The molecule has 3 aromatic carbocycles. The van der Waals surface area contributed by atoms with Gasteiger partial charge in [0, 0.05) is 37.3 Å². The maximum atomic E-state index is 13.7. The zero-order valence-corrected chi connectivity index (χ0v) is 30.7. The molecular weight excluding hydrogens is 670 g/mol. The number of aromatic hydroxyl groups is 2. The van der Waals surface area contributed by atoms with Crippen LogP contribution in [0.4, 0.5) is 0 Å². The summed E-state index contributed by atoms with van der Waals surface area (Å²) >= 11 is 0. The SMILES string of the molecule is COc1ccc(CCNC(=O)CC(c2cc(OC)c(OC)c(OC)c2)c2c(O)cc3c(c2O)C(=O)O[C@@H](C)CCCC(=O)CCC/C=C/3)cc1OC. The van der Waals surface area contributed by atoms with Gasteiger partial charge < -0.3 is 44.0 Å². The number of nitrogens with one attached hydrogen (secondary N) is 1. The smallest absolute Gasteiger partial charge is 0.342 e. The van der Waals surface area contributed by atoms with Gasteiger partial charge in [0.25, 0.3) is 0 Å². The number of esters is 1. The van der Waals surface area contributed by atoms with Gasteiger partial charge in [0.1, 0.15) is 22.8 Å². The van der Waals surface area contributed by atoms with Crippen molar-refractivity contribution < 1.29 is 53.0 Å².